The summed E-state index contributed by atoms with van der Waals surface area (Å²) in [6, 6.07) is 12.2. The van der Waals surface area contributed by atoms with Crippen LogP contribution in [0.25, 0.3) is 0 Å². The highest BCUT2D eigenvalue weighted by Crippen LogP contribution is 2.24. The van der Waals surface area contributed by atoms with Crippen LogP contribution in [0.5, 0.6) is 5.75 Å². The zero-order valence-electron chi connectivity index (χ0n) is 37.2. The van der Waals surface area contributed by atoms with E-state index in [0.717, 1.165) is 42.7 Å². The number of nitrogens with one attached hydrogen (secondary N) is 1. The van der Waals surface area contributed by atoms with Crippen LogP contribution in [0.1, 0.15) is 153 Å². The number of aryl methyl sites for hydroxylation is 1. The molecule has 0 spiro atoms. The number of alkyl carbamates (subject to hydrolysis) is 1. The van der Waals surface area contributed by atoms with E-state index in [-0.39, 0.29) is 37.2 Å². The van der Waals surface area contributed by atoms with Crippen molar-refractivity contribution in [3.63, 3.8) is 0 Å². The zero-order valence-corrected chi connectivity index (χ0v) is 37.9. The highest BCUT2D eigenvalue weighted by atomic mass is 35.5. The number of ether oxygens (including phenoxy) is 5. The molecule has 338 valence electrons. The van der Waals surface area contributed by atoms with Gasteiger partial charge in [-0.1, -0.05) is 116 Å². The molecule has 13 nitrogen and oxygen atoms in total. The Labute approximate surface area is 365 Å². The molecular weight excluding hydrogens is 788 g/mol. The van der Waals surface area contributed by atoms with Crippen molar-refractivity contribution in [2.45, 2.75) is 174 Å². The zero-order chi connectivity index (χ0) is 42.8. The summed E-state index contributed by atoms with van der Waals surface area (Å²) in [5.41, 5.74) is 0.920. The molecule has 3 rings (SSSR count). The quantitative estimate of drug-likeness (QED) is 0.0621. The lowest BCUT2D eigenvalue weighted by atomic mass is 10.0. The number of imide groups is 1. The third kappa shape index (κ3) is 17.9. The van der Waals surface area contributed by atoms with Crippen LogP contribution >= 0.6 is 0 Å². The first-order valence-corrected chi connectivity index (χ1v) is 22.2. The summed E-state index contributed by atoms with van der Waals surface area (Å²) in [5.74, 6) is -0.279. The van der Waals surface area contributed by atoms with Crippen molar-refractivity contribution in [1.82, 2.24) is 15.1 Å². The first kappa shape index (κ1) is 52.0. The van der Waals surface area contributed by atoms with Gasteiger partial charge in [0.15, 0.2) is 12.4 Å². The molecule has 1 aliphatic rings. The molecule has 1 aliphatic heterocycles. The number of piperidine rings is 1. The lowest BCUT2D eigenvalue weighted by molar-refractivity contribution is -0.701. The summed E-state index contributed by atoms with van der Waals surface area (Å²) >= 11 is 0. The van der Waals surface area contributed by atoms with Crippen LogP contribution in [0.2, 0.25) is 0 Å². The topological polar surface area (TPSA) is 137 Å². The van der Waals surface area contributed by atoms with Gasteiger partial charge in [-0.05, 0) is 51.7 Å². The van der Waals surface area contributed by atoms with Crippen molar-refractivity contribution >= 4 is 24.2 Å². The van der Waals surface area contributed by atoms with Crippen LogP contribution in [0.3, 0.4) is 0 Å². The Morgan fingerprint density at radius 1 is 0.850 bits per heavy atom. The average Bonchev–Trinajstić information content (AvgIpc) is 3.24. The number of carbonyl (C=O) groups is 4. The second kappa shape index (κ2) is 30.0. The number of pyridine rings is 1. The monoisotopic (exact) mass is 861 g/mol. The molecule has 1 fully saturated rings. The molecule has 2 heterocycles. The number of nitrogens with zero attached hydrogens (tertiary/aromatic N) is 3. The van der Waals surface area contributed by atoms with E-state index in [2.05, 4.69) is 19.2 Å². The molecule has 3 unspecified atom stereocenters. The van der Waals surface area contributed by atoms with E-state index >= 15 is 0 Å². The molecule has 0 radical (unpaired) electrons. The summed E-state index contributed by atoms with van der Waals surface area (Å²) in [6.07, 6.45) is 16.6. The number of methoxy groups -OCH3 is 2. The Hall–Kier alpha value is -4.10. The van der Waals surface area contributed by atoms with E-state index in [1.54, 1.807) is 31.2 Å². The van der Waals surface area contributed by atoms with Crippen LogP contribution in [0, 0.1) is 0 Å². The number of benzene rings is 1. The van der Waals surface area contributed by atoms with Crippen molar-refractivity contribution in [3.05, 3.63) is 59.9 Å². The molecular formula is C46H73ClN4O9. The fourth-order valence-corrected chi connectivity index (χ4v) is 7.58. The number of halogens is 1. The molecule has 60 heavy (non-hydrogen) atoms. The van der Waals surface area contributed by atoms with Gasteiger partial charge >= 0.3 is 18.3 Å². The van der Waals surface area contributed by atoms with Crippen LogP contribution < -0.4 is 27.0 Å². The van der Waals surface area contributed by atoms with Gasteiger partial charge in [0.2, 0.25) is 5.69 Å². The molecule has 0 aliphatic carbocycles. The number of aromatic nitrogens is 1. The summed E-state index contributed by atoms with van der Waals surface area (Å²) in [7, 11) is 2.92. The van der Waals surface area contributed by atoms with Gasteiger partial charge in [0, 0.05) is 31.8 Å². The number of likely N-dealkylation sites (tertiary alicyclic amines) is 1. The van der Waals surface area contributed by atoms with E-state index < -0.39 is 42.6 Å². The molecule has 2 aromatic rings. The lowest BCUT2D eigenvalue weighted by Crippen LogP contribution is -3.00. The van der Waals surface area contributed by atoms with Crippen molar-refractivity contribution in [1.29, 1.82) is 0 Å². The van der Waals surface area contributed by atoms with Gasteiger partial charge in [-0.25, -0.2) is 23.9 Å². The highest BCUT2D eigenvalue weighted by Gasteiger charge is 2.39. The van der Waals surface area contributed by atoms with Gasteiger partial charge in [0.1, 0.15) is 37.7 Å². The van der Waals surface area contributed by atoms with Crippen LogP contribution in [-0.4, -0.2) is 85.8 Å². The number of para-hydroxylation sites is 1. The van der Waals surface area contributed by atoms with Gasteiger partial charge in [-0.15, -0.1) is 0 Å². The number of carbonyl (C=O) groups excluding carboxylic acids is 4. The third-order valence-corrected chi connectivity index (χ3v) is 10.9. The standard InChI is InChI=1S/C46H72N4O9.ClH/c1-7-10-11-12-13-14-15-16-17-18-19-20-27-37(26-8-2)47-44(52)59-41-31-25-33-49(43(41)56-6)46(54)58-36(4)35-57-45(53)50(34-38-28-23-24-32-48(38)9-3)42(51)39-29-21-22-30-40(39)55-5;/h21-24,28-30,32,36-37,41,43H,7-20,25-27,31,33-35H2,1-6H3;1H/t36-,37?,41?,43?;/m1./s1. The second-order valence-electron chi connectivity index (χ2n) is 15.6. The van der Waals surface area contributed by atoms with Gasteiger partial charge in [0.05, 0.1) is 12.7 Å². The second-order valence-corrected chi connectivity index (χ2v) is 15.6. The molecule has 0 bridgehead atoms. The Morgan fingerprint density at radius 2 is 1.50 bits per heavy atom. The minimum atomic E-state index is -0.900. The normalized spacial score (nSPS) is 15.9. The van der Waals surface area contributed by atoms with Crippen LogP contribution in [0.15, 0.2) is 48.7 Å². The molecule has 0 saturated carbocycles. The molecule has 1 saturated heterocycles. The van der Waals surface area contributed by atoms with E-state index in [9.17, 15) is 19.2 Å². The molecule has 1 aromatic heterocycles. The van der Waals surface area contributed by atoms with Gasteiger partial charge in [-0.2, -0.15) is 0 Å². The number of unbranched alkanes of at least 4 members (excludes halogenated alkanes) is 11. The number of rotatable bonds is 26. The fourth-order valence-electron chi connectivity index (χ4n) is 7.58. The Kier molecular flexibility index (Phi) is 26.0. The minimum Gasteiger partial charge on any atom is -1.00 e. The number of amides is 4. The third-order valence-electron chi connectivity index (χ3n) is 10.9. The molecule has 1 aromatic carbocycles. The smallest absolute Gasteiger partial charge is 0.417 e. The average molecular weight is 862 g/mol. The van der Waals surface area contributed by atoms with Gasteiger partial charge in [0.25, 0.3) is 5.91 Å². The van der Waals surface area contributed by atoms with Crippen LogP contribution in [-0.2, 0) is 32.0 Å². The summed E-state index contributed by atoms with van der Waals surface area (Å²) in [6.45, 7) is 8.52. The van der Waals surface area contributed by atoms with Crippen molar-refractivity contribution < 1.29 is 59.8 Å². The Morgan fingerprint density at radius 3 is 2.13 bits per heavy atom. The predicted molar refractivity (Wildman–Crippen MR) is 227 cm³/mol. The molecule has 4 amide bonds. The summed E-state index contributed by atoms with van der Waals surface area (Å²) in [4.78, 5) is 56.4. The first-order valence-electron chi connectivity index (χ1n) is 22.2. The van der Waals surface area contributed by atoms with E-state index in [4.69, 9.17) is 23.7 Å². The van der Waals surface area contributed by atoms with Crippen molar-refractivity contribution in [2.24, 2.45) is 0 Å². The maximum atomic E-state index is 13.8. The van der Waals surface area contributed by atoms with Crippen molar-refractivity contribution in [2.75, 3.05) is 27.4 Å². The fraction of sp³-hybridized carbons (Fsp3) is 0.674. The van der Waals surface area contributed by atoms with E-state index in [0.29, 0.717) is 31.7 Å². The van der Waals surface area contributed by atoms with Crippen molar-refractivity contribution in [3.8, 4) is 5.75 Å². The first-order chi connectivity index (χ1) is 28.7. The maximum absolute atomic E-state index is 13.8. The molecule has 14 heteroatoms. The van der Waals surface area contributed by atoms with E-state index in [1.165, 1.54) is 83.3 Å². The predicted octanol–water partition coefficient (Wildman–Crippen LogP) is 6.73. The maximum Gasteiger partial charge on any atom is 0.417 e. The Bertz CT molecular complexity index is 1550. The number of hydrogen-bond donors (Lipinski definition) is 1. The lowest BCUT2D eigenvalue weighted by Gasteiger charge is -2.39. The largest absolute Gasteiger partial charge is 1.00 e. The van der Waals surface area contributed by atoms with Gasteiger partial charge in [-0.3, -0.25) is 9.69 Å². The summed E-state index contributed by atoms with van der Waals surface area (Å²) < 4.78 is 30.2. The minimum absolute atomic E-state index is 0. The molecule has 1 N–H and O–H groups in total. The Balaban J connectivity index is 0.0000124. The highest BCUT2D eigenvalue weighted by molar-refractivity contribution is 6.04. The molecule has 4 atom stereocenters. The summed E-state index contributed by atoms with van der Waals surface area (Å²) in [5, 5.41) is 3.07. The SMILES string of the molecule is CCCCCCCCCCCCCCC(CCC)NC(=O)OC1CCCN(C(=O)O[C@H](C)COC(=O)N(Cc2cccc[n+]2CC)C(=O)c2ccccc2OC)C1OC.[Cl-]. The number of hydrogen-bond acceptors (Lipinski definition) is 9. The van der Waals surface area contributed by atoms with E-state index in [1.807, 2.05) is 35.9 Å². The van der Waals surface area contributed by atoms with Crippen LogP contribution in [0.4, 0.5) is 14.4 Å². The van der Waals surface area contributed by atoms with Gasteiger partial charge < -0.3 is 41.4 Å².